The summed E-state index contributed by atoms with van der Waals surface area (Å²) in [5.74, 6) is 1.17. The molecular formula is C21H27NO5. The third kappa shape index (κ3) is 2.67. The second-order valence-electron chi connectivity index (χ2n) is 9.11. The molecule has 146 valence electrons. The van der Waals surface area contributed by atoms with E-state index in [9.17, 15) is 19.7 Å². The molecule has 0 unspecified atom stereocenters. The standard InChI is InChI=1S/C21H27NO5/c1-13(23)17-5-6-19-16-4-3-14-11-15(24)7-9-20(14,2)18(16)8-10-21(17,19)12-27-22(25)26/h7,9,11,16-19H,3-6,8,10,12H2,1-2H3/t16-,17-,18+,19+,20+,21+/m1/s1. The fourth-order valence-corrected chi connectivity index (χ4v) is 7.07. The molecule has 0 amide bonds. The van der Waals surface area contributed by atoms with E-state index in [0.717, 1.165) is 38.5 Å². The Labute approximate surface area is 159 Å². The van der Waals surface area contributed by atoms with E-state index in [-0.39, 0.29) is 35.4 Å². The smallest absolute Gasteiger partial charge is 0.294 e. The molecule has 0 aromatic heterocycles. The predicted molar refractivity (Wildman–Crippen MR) is 98.1 cm³/mol. The molecule has 0 heterocycles. The van der Waals surface area contributed by atoms with Crippen molar-refractivity contribution in [3.63, 3.8) is 0 Å². The summed E-state index contributed by atoms with van der Waals surface area (Å²) in [4.78, 5) is 40.0. The Morgan fingerprint density at radius 1 is 1.30 bits per heavy atom. The highest BCUT2D eigenvalue weighted by Gasteiger charge is 2.61. The van der Waals surface area contributed by atoms with Crippen LogP contribution in [-0.4, -0.2) is 23.3 Å². The lowest BCUT2D eigenvalue weighted by atomic mass is 9.47. The lowest BCUT2D eigenvalue weighted by Gasteiger charge is -2.57. The van der Waals surface area contributed by atoms with E-state index in [0.29, 0.717) is 11.8 Å². The van der Waals surface area contributed by atoms with Crippen molar-refractivity contribution in [3.8, 4) is 0 Å². The van der Waals surface area contributed by atoms with Crippen LogP contribution in [0.3, 0.4) is 0 Å². The molecule has 4 rings (SSSR count). The largest absolute Gasteiger partial charge is 0.313 e. The number of Topliss-reactive ketones (excluding diaryl/α,β-unsaturated/α-hetero) is 1. The Morgan fingerprint density at radius 2 is 2.07 bits per heavy atom. The molecule has 0 spiro atoms. The van der Waals surface area contributed by atoms with Crippen LogP contribution in [0.2, 0.25) is 0 Å². The Kier molecular flexibility index (Phi) is 4.28. The highest BCUT2D eigenvalue weighted by atomic mass is 16.9. The molecular weight excluding hydrogens is 346 g/mol. The Bertz CT molecular complexity index is 756. The van der Waals surface area contributed by atoms with Gasteiger partial charge in [0.25, 0.3) is 5.09 Å². The minimum absolute atomic E-state index is 0.0336. The van der Waals surface area contributed by atoms with Crippen LogP contribution in [0.25, 0.3) is 0 Å². The minimum Gasteiger partial charge on any atom is -0.313 e. The molecule has 6 nitrogen and oxygen atoms in total. The summed E-state index contributed by atoms with van der Waals surface area (Å²) in [6, 6.07) is 0. The molecule has 0 aliphatic heterocycles. The maximum Gasteiger partial charge on any atom is 0.294 e. The predicted octanol–water partition coefficient (Wildman–Crippen LogP) is 3.69. The topological polar surface area (TPSA) is 86.5 Å². The van der Waals surface area contributed by atoms with Crippen molar-refractivity contribution >= 4 is 11.6 Å². The van der Waals surface area contributed by atoms with Gasteiger partial charge in [-0.3, -0.25) is 9.59 Å². The van der Waals surface area contributed by atoms with Gasteiger partial charge in [0, 0.05) is 16.7 Å². The molecule has 3 fully saturated rings. The third-order valence-electron chi connectivity index (χ3n) is 8.20. The summed E-state index contributed by atoms with van der Waals surface area (Å²) in [5.41, 5.74) is 0.707. The summed E-state index contributed by atoms with van der Waals surface area (Å²) in [7, 11) is 0. The fourth-order valence-electron chi connectivity index (χ4n) is 7.07. The van der Waals surface area contributed by atoms with Gasteiger partial charge in [-0.05, 0) is 75.4 Å². The lowest BCUT2D eigenvalue weighted by molar-refractivity contribution is -0.761. The second-order valence-corrected chi connectivity index (χ2v) is 9.11. The quantitative estimate of drug-likeness (QED) is 0.554. The fraction of sp³-hybridized carbons (Fsp3) is 0.714. The zero-order chi connectivity index (χ0) is 19.4. The van der Waals surface area contributed by atoms with E-state index in [4.69, 9.17) is 4.84 Å². The van der Waals surface area contributed by atoms with E-state index in [2.05, 4.69) is 13.0 Å². The Balaban J connectivity index is 1.68. The normalized spacial score (nSPS) is 42.6. The highest BCUT2D eigenvalue weighted by molar-refractivity contribution is 6.01. The second kappa shape index (κ2) is 6.28. The maximum atomic E-state index is 12.4. The summed E-state index contributed by atoms with van der Waals surface area (Å²) in [6.07, 6.45) is 10.9. The van der Waals surface area contributed by atoms with Gasteiger partial charge in [-0.2, -0.15) is 0 Å². The first kappa shape index (κ1) is 18.4. The molecule has 0 aromatic carbocycles. The van der Waals surface area contributed by atoms with Crippen LogP contribution < -0.4 is 0 Å². The zero-order valence-corrected chi connectivity index (χ0v) is 16.0. The first-order valence-corrected chi connectivity index (χ1v) is 10.00. The minimum atomic E-state index is -0.716. The number of ketones is 2. The van der Waals surface area contributed by atoms with Gasteiger partial charge in [0.05, 0.1) is 0 Å². The average molecular weight is 373 g/mol. The Hall–Kier alpha value is -1.98. The first-order valence-electron chi connectivity index (χ1n) is 10.00. The molecule has 4 aliphatic rings. The molecule has 6 atom stereocenters. The van der Waals surface area contributed by atoms with E-state index < -0.39 is 10.5 Å². The maximum absolute atomic E-state index is 12.4. The van der Waals surface area contributed by atoms with Gasteiger partial charge in [0.2, 0.25) is 0 Å². The molecule has 0 N–H and O–H groups in total. The lowest BCUT2D eigenvalue weighted by Crippen LogP contribution is -2.53. The van der Waals surface area contributed by atoms with Crippen molar-refractivity contribution in [1.82, 2.24) is 0 Å². The number of allylic oxidation sites excluding steroid dienone is 4. The van der Waals surface area contributed by atoms with Gasteiger partial charge in [-0.15, -0.1) is 10.1 Å². The number of hydrogen-bond acceptors (Lipinski definition) is 5. The summed E-state index contributed by atoms with van der Waals surface area (Å²) in [6.45, 7) is 3.88. The number of hydrogen-bond donors (Lipinski definition) is 0. The van der Waals surface area contributed by atoms with Crippen LogP contribution in [0, 0.1) is 44.6 Å². The molecule has 6 heteroatoms. The number of nitrogens with zero attached hydrogens (tertiary/aromatic N) is 1. The van der Waals surface area contributed by atoms with Crippen LogP contribution in [0.1, 0.15) is 52.4 Å². The van der Waals surface area contributed by atoms with Crippen molar-refractivity contribution in [2.45, 2.75) is 52.4 Å². The zero-order valence-electron chi connectivity index (χ0n) is 16.0. The monoisotopic (exact) mass is 373 g/mol. The van der Waals surface area contributed by atoms with Crippen molar-refractivity contribution < 1.29 is 19.5 Å². The third-order valence-corrected chi connectivity index (χ3v) is 8.20. The summed E-state index contributed by atoms with van der Waals surface area (Å²) < 4.78 is 0. The van der Waals surface area contributed by atoms with Crippen LogP contribution in [0.15, 0.2) is 23.8 Å². The Morgan fingerprint density at radius 3 is 2.78 bits per heavy atom. The van der Waals surface area contributed by atoms with E-state index >= 15 is 0 Å². The van der Waals surface area contributed by atoms with Gasteiger partial charge in [0.1, 0.15) is 12.4 Å². The van der Waals surface area contributed by atoms with E-state index in [1.54, 1.807) is 19.1 Å². The number of rotatable bonds is 4. The van der Waals surface area contributed by atoms with Crippen LogP contribution in [-0.2, 0) is 14.4 Å². The van der Waals surface area contributed by atoms with Crippen molar-refractivity contribution in [1.29, 1.82) is 0 Å². The van der Waals surface area contributed by atoms with Crippen LogP contribution in [0.4, 0.5) is 0 Å². The van der Waals surface area contributed by atoms with Gasteiger partial charge in [-0.1, -0.05) is 18.6 Å². The molecule has 3 saturated carbocycles. The van der Waals surface area contributed by atoms with E-state index in [1.807, 2.05) is 0 Å². The van der Waals surface area contributed by atoms with Crippen molar-refractivity contribution in [2.24, 2.45) is 34.5 Å². The van der Waals surface area contributed by atoms with Gasteiger partial charge in [0.15, 0.2) is 5.78 Å². The van der Waals surface area contributed by atoms with Crippen molar-refractivity contribution in [3.05, 3.63) is 33.9 Å². The molecule has 0 saturated heterocycles. The van der Waals surface area contributed by atoms with Crippen LogP contribution >= 0.6 is 0 Å². The molecule has 4 aliphatic carbocycles. The first-order chi connectivity index (χ1) is 12.8. The molecule has 0 aromatic rings. The van der Waals surface area contributed by atoms with E-state index in [1.165, 1.54) is 5.57 Å². The summed E-state index contributed by atoms with van der Waals surface area (Å²) >= 11 is 0. The number of carbonyl (C=O) groups excluding carboxylic acids is 2. The van der Waals surface area contributed by atoms with Gasteiger partial charge < -0.3 is 4.84 Å². The van der Waals surface area contributed by atoms with Crippen molar-refractivity contribution in [2.75, 3.05) is 6.61 Å². The molecule has 27 heavy (non-hydrogen) atoms. The molecule has 0 bridgehead atoms. The number of carbonyl (C=O) groups is 2. The highest BCUT2D eigenvalue weighted by Crippen LogP contribution is 2.66. The van der Waals surface area contributed by atoms with Gasteiger partial charge >= 0.3 is 0 Å². The average Bonchev–Trinajstić information content (AvgIpc) is 3.00. The van der Waals surface area contributed by atoms with Gasteiger partial charge in [-0.25, -0.2) is 0 Å². The SMILES string of the molecule is CC(=O)[C@H]1CC[C@H]2[C@@H]3CCC4=CC(=O)C=C[C@]4(C)[C@H]3CC[C@]12CO[N+](=O)[O-]. The summed E-state index contributed by atoms with van der Waals surface area (Å²) in [5, 5.41) is 10.2. The van der Waals surface area contributed by atoms with Crippen LogP contribution in [0.5, 0.6) is 0 Å². The number of fused-ring (bicyclic) bond motifs is 5. The molecule has 0 radical (unpaired) electrons.